The maximum atomic E-state index is 4.47. The lowest BCUT2D eigenvalue weighted by atomic mass is 10.3. The third-order valence-corrected chi connectivity index (χ3v) is 2.96. The fourth-order valence-corrected chi connectivity index (χ4v) is 1.79. The van der Waals surface area contributed by atoms with Gasteiger partial charge in [0.05, 0.1) is 6.54 Å². The first-order valence-electron chi connectivity index (χ1n) is 6.92. The number of rotatable bonds is 7. The normalized spacial score (nSPS) is 10.6. The van der Waals surface area contributed by atoms with Crippen LogP contribution in [0.2, 0.25) is 0 Å². The van der Waals surface area contributed by atoms with E-state index in [0.29, 0.717) is 12.5 Å². The fourth-order valence-electron chi connectivity index (χ4n) is 1.79. The van der Waals surface area contributed by atoms with Crippen molar-refractivity contribution in [3.05, 3.63) is 23.9 Å². The van der Waals surface area contributed by atoms with Gasteiger partial charge >= 0.3 is 0 Å². The quantitative estimate of drug-likeness (QED) is 0.802. The number of aromatic nitrogens is 5. The third-order valence-electron chi connectivity index (χ3n) is 2.96. The molecule has 0 spiro atoms. The first-order valence-corrected chi connectivity index (χ1v) is 6.92. The molecule has 7 heteroatoms. The van der Waals surface area contributed by atoms with Crippen LogP contribution in [0, 0.1) is 6.92 Å². The number of nitrogens with zero attached hydrogens (tertiary/aromatic N) is 5. The lowest BCUT2D eigenvalue weighted by Crippen LogP contribution is -2.11. The predicted octanol–water partition coefficient (Wildman–Crippen LogP) is 1.83. The molecule has 2 aromatic heterocycles. The molecular formula is C13H21N7. The summed E-state index contributed by atoms with van der Waals surface area (Å²) < 4.78 is 2.00. The van der Waals surface area contributed by atoms with Crippen molar-refractivity contribution >= 4 is 11.8 Å². The van der Waals surface area contributed by atoms with Gasteiger partial charge in [0, 0.05) is 24.8 Å². The van der Waals surface area contributed by atoms with Crippen molar-refractivity contribution in [3.8, 4) is 0 Å². The van der Waals surface area contributed by atoms with E-state index in [1.807, 2.05) is 17.7 Å². The van der Waals surface area contributed by atoms with Gasteiger partial charge in [0.15, 0.2) is 5.82 Å². The first-order chi connectivity index (χ1) is 9.74. The van der Waals surface area contributed by atoms with Gasteiger partial charge in [-0.25, -0.2) is 4.98 Å². The van der Waals surface area contributed by atoms with Crippen molar-refractivity contribution in [2.45, 2.75) is 40.3 Å². The minimum Gasteiger partial charge on any atom is -0.362 e. The zero-order valence-corrected chi connectivity index (χ0v) is 12.2. The van der Waals surface area contributed by atoms with E-state index < -0.39 is 0 Å². The number of aryl methyl sites for hydroxylation is 2. The van der Waals surface area contributed by atoms with Crippen LogP contribution in [0.25, 0.3) is 0 Å². The van der Waals surface area contributed by atoms with Crippen molar-refractivity contribution in [1.82, 2.24) is 24.7 Å². The van der Waals surface area contributed by atoms with E-state index in [0.717, 1.165) is 36.7 Å². The minimum absolute atomic E-state index is 0.596. The second-order valence-corrected chi connectivity index (χ2v) is 4.54. The van der Waals surface area contributed by atoms with Crippen LogP contribution in [0.5, 0.6) is 0 Å². The smallest absolute Gasteiger partial charge is 0.224 e. The lowest BCUT2D eigenvalue weighted by molar-refractivity contribution is 0.707. The van der Waals surface area contributed by atoms with Crippen LogP contribution < -0.4 is 10.6 Å². The molecule has 0 unspecified atom stereocenters. The molecule has 20 heavy (non-hydrogen) atoms. The molecule has 0 radical (unpaired) electrons. The summed E-state index contributed by atoms with van der Waals surface area (Å²) in [5.74, 6) is 2.37. The maximum Gasteiger partial charge on any atom is 0.224 e. The average Bonchev–Trinajstić information content (AvgIpc) is 2.92. The number of nitrogens with one attached hydrogen (secondary N) is 2. The largest absolute Gasteiger partial charge is 0.362 e. The van der Waals surface area contributed by atoms with Crippen LogP contribution in [0.4, 0.5) is 11.8 Å². The number of hydrogen-bond donors (Lipinski definition) is 2. The van der Waals surface area contributed by atoms with Gasteiger partial charge in [-0.05, 0) is 20.3 Å². The van der Waals surface area contributed by atoms with Gasteiger partial charge in [0.25, 0.3) is 0 Å². The molecule has 2 rings (SSSR count). The molecule has 7 nitrogen and oxygen atoms in total. The Kier molecular flexibility index (Phi) is 4.86. The monoisotopic (exact) mass is 275 g/mol. The average molecular weight is 275 g/mol. The Morgan fingerprint density at radius 1 is 1.25 bits per heavy atom. The van der Waals surface area contributed by atoms with Gasteiger partial charge in [-0.2, -0.15) is 4.98 Å². The van der Waals surface area contributed by atoms with Gasteiger partial charge in [-0.1, -0.05) is 6.92 Å². The van der Waals surface area contributed by atoms with Gasteiger partial charge in [0.2, 0.25) is 5.95 Å². The number of anilines is 2. The summed E-state index contributed by atoms with van der Waals surface area (Å²) in [6, 6.07) is 0. The summed E-state index contributed by atoms with van der Waals surface area (Å²) in [7, 11) is 0. The summed E-state index contributed by atoms with van der Waals surface area (Å²) >= 11 is 0. The molecule has 108 valence electrons. The fraction of sp³-hybridized carbons (Fsp3) is 0.538. The Morgan fingerprint density at radius 2 is 2.10 bits per heavy atom. The molecular weight excluding hydrogens is 254 g/mol. The van der Waals surface area contributed by atoms with E-state index >= 15 is 0 Å². The van der Waals surface area contributed by atoms with Crippen LogP contribution in [-0.4, -0.2) is 31.3 Å². The molecule has 2 aromatic rings. The van der Waals surface area contributed by atoms with E-state index in [1.54, 1.807) is 6.33 Å². The van der Waals surface area contributed by atoms with Gasteiger partial charge in [-0.3, -0.25) is 0 Å². The molecule has 0 bridgehead atoms. The summed E-state index contributed by atoms with van der Waals surface area (Å²) in [6.45, 7) is 8.48. The van der Waals surface area contributed by atoms with Crippen molar-refractivity contribution in [3.63, 3.8) is 0 Å². The predicted molar refractivity (Wildman–Crippen MR) is 78.6 cm³/mol. The SMILES string of the molecule is CCCNc1ncc(C)c(NCc2nncn2CC)n1. The Balaban J connectivity index is 2.04. The molecule has 0 aliphatic heterocycles. The highest BCUT2D eigenvalue weighted by Crippen LogP contribution is 2.13. The Bertz CT molecular complexity index is 549. The highest BCUT2D eigenvalue weighted by Gasteiger charge is 2.06. The van der Waals surface area contributed by atoms with E-state index in [2.05, 4.69) is 44.6 Å². The zero-order valence-electron chi connectivity index (χ0n) is 12.2. The molecule has 0 fully saturated rings. The first kappa shape index (κ1) is 14.2. The summed E-state index contributed by atoms with van der Waals surface area (Å²) in [4.78, 5) is 8.73. The minimum atomic E-state index is 0.596. The van der Waals surface area contributed by atoms with Crippen molar-refractivity contribution in [1.29, 1.82) is 0 Å². The highest BCUT2D eigenvalue weighted by atomic mass is 15.3. The van der Waals surface area contributed by atoms with Crippen LogP contribution in [0.15, 0.2) is 12.5 Å². The summed E-state index contributed by atoms with van der Waals surface area (Å²) in [6.07, 6.45) is 4.59. The van der Waals surface area contributed by atoms with Crippen molar-refractivity contribution in [2.75, 3.05) is 17.2 Å². The Morgan fingerprint density at radius 3 is 2.85 bits per heavy atom. The third kappa shape index (κ3) is 3.43. The standard InChI is InChI=1S/C13H21N7/c1-4-6-14-13-16-7-10(3)12(18-13)15-8-11-19-17-9-20(11)5-2/h7,9H,4-6,8H2,1-3H3,(H2,14,15,16,18). The Labute approximate surface area is 118 Å². The molecule has 0 saturated heterocycles. The van der Waals surface area contributed by atoms with E-state index in [9.17, 15) is 0 Å². The van der Waals surface area contributed by atoms with E-state index in [-0.39, 0.29) is 0 Å². The van der Waals surface area contributed by atoms with Gasteiger partial charge in [-0.15, -0.1) is 10.2 Å². The van der Waals surface area contributed by atoms with E-state index in [4.69, 9.17) is 0 Å². The summed E-state index contributed by atoms with van der Waals surface area (Å²) in [5, 5.41) is 14.5. The molecule has 0 saturated carbocycles. The lowest BCUT2D eigenvalue weighted by Gasteiger charge is -2.10. The van der Waals surface area contributed by atoms with Gasteiger partial charge < -0.3 is 15.2 Å². The highest BCUT2D eigenvalue weighted by molar-refractivity contribution is 5.46. The number of hydrogen-bond acceptors (Lipinski definition) is 6. The van der Waals surface area contributed by atoms with Crippen molar-refractivity contribution < 1.29 is 0 Å². The van der Waals surface area contributed by atoms with E-state index in [1.165, 1.54) is 0 Å². The van der Waals surface area contributed by atoms with Crippen molar-refractivity contribution in [2.24, 2.45) is 0 Å². The molecule has 2 heterocycles. The van der Waals surface area contributed by atoms with Crippen LogP contribution in [0.1, 0.15) is 31.7 Å². The molecule has 0 amide bonds. The van der Waals surface area contributed by atoms with Crippen LogP contribution in [0.3, 0.4) is 0 Å². The second-order valence-electron chi connectivity index (χ2n) is 4.54. The second kappa shape index (κ2) is 6.83. The molecule has 0 aliphatic carbocycles. The summed E-state index contributed by atoms with van der Waals surface area (Å²) in [5.41, 5.74) is 1.01. The molecule has 0 aromatic carbocycles. The zero-order chi connectivity index (χ0) is 14.4. The molecule has 2 N–H and O–H groups in total. The van der Waals surface area contributed by atoms with Crippen LogP contribution in [-0.2, 0) is 13.1 Å². The maximum absolute atomic E-state index is 4.47. The molecule has 0 aliphatic rings. The Hall–Kier alpha value is -2.18. The molecule has 0 atom stereocenters. The van der Waals surface area contributed by atoms with Crippen LogP contribution >= 0.6 is 0 Å². The van der Waals surface area contributed by atoms with Gasteiger partial charge in [0.1, 0.15) is 12.1 Å². The topological polar surface area (TPSA) is 80.5 Å².